The van der Waals surface area contributed by atoms with Crippen molar-refractivity contribution in [1.82, 2.24) is 14.0 Å². The molecule has 5 nitrogen and oxygen atoms in total. The number of halogens is 2. The van der Waals surface area contributed by atoms with Gasteiger partial charge in [-0.25, -0.2) is 4.98 Å². The fourth-order valence-electron chi connectivity index (χ4n) is 2.89. The number of carbonyl (C=O) groups excluding carboxylic acids is 1. The summed E-state index contributed by atoms with van der Waals surface area (Å²) in [5.41, 5.74) is 1.31. The van der Waals surface area contributed by atoms with E-state index in [4.69, 9.17) is 23.2 Å². The maximum absolute atomic E-state index is 12.9. The molecule has 0 amide bonds. The van der Waals surface area contributed by atoms with Crippen LogP contribution in [0.4, 0.5) is 0 Å². The average molecular weight is 372 g/mol. The number of nitrogens with zero attached hydrogens (tertiary/aromatic N) is 3. The maximum atomic E-state index is 12.9. The number of hydrogen-bond acceptors (Lipinski definition) is 3. The number of fused-ring (bicyclic) bond motifs is 3. The van der Waals surface area contributed by atoms with Crippen LogP contribution in [0.5, 0.6) is 0 Å². The molecule has 4 rings (SSSR count). The smallest absolute Gasteiger partial charge is 0.262 e. The first-order valence-electron chi connectivity index (χ1n) is 7.49. The molecule has 0 fully saturated rings. The fourth-order valence-corrected chi connectivity index (χ4v) is 3.29. The molecular formula is C18H11Cl2N3O2. The van der Waals surface area contributed by atoms with Gasteiger partial charge in [0.1, 0.15) is 12.0 Å². The number of hydrogen-bond donors (Lipinski definition) is 0. The van der Waals surface area contributed by atoms with Gasteiger partial charge in [-0.3, -0.25) is 18.6 Å². The molecule has 0 unspecified atom stereocenters. The van der Waals surface area contributed by atoms with Gasteiger partial charge in [0.2, 0.25) is 0 Å². The monoisotopic (exact) mass is 371 g/mol. The second kappa shape index (κ2) is 6.02. The van der Waals surface area contributed by atoms with E-state index >= 15 is 0 Å². The van der Waals surface area contributed by atoms with Crippen molar-refractivity contribution in [2.45, 2.75) is 6.54 Å². The maximum Gasteiger partial charge on any atom is 0.262 e. The van der Waals surface area contributed by atoms with Gasteiger partial charge in [-0.05, 0) is 24.3 Å². The van der Waals surface area contributed by atoms with E-state index in [1.165, 1.54) is 4.57 Å². The third-order valence-corrected chi connectivity index (χ3v) is 4.91. The van der Waals surface area contributed by atoms with Crippen LogP contribution in [-0.4, -0.2) is 19.7 Å². The molecule has 0 saturated heterocycles. The normalized spacial score (nSPS) is 11.3. The molecule has 0 aliphatic carbocycles. The van der Waals surface area contributed by atoms with Gasteiger partial charge in [0.15, 0.2) is 5.78 Å². The topological polar surface area (TPSA) is 56.4 Å². The molecule has 0 bridgehead atoms. The van der Waals surface area contributed by atoms with Crippen LogP contribution in [0, 0.1) is 0 Å². The predicted molar refractivity (Wildman–Crippen MR) is 97.8 cm³/mol. The third kappa shape index (κ3) is 2.52. The SMILES string of the molecule is O=C(Cn1c(=O)c2ccccc2n2cncc12)c1cccc(Cl)c1Cl. The number of benzene rings is 2. The van der Waals surface area contributed by atoms with E-state index in [0.717, 1.165) is 5.52 Å². The standard InChI is InChI=1S/C18H11Cl2N3O2/c19-13-6-3-5-12(17(13)20)15(24)9-22-16-8-21-10-23(16)14-7-2-1-4-11(14)18(22)25/h1-8,10H,9H2. The lowest BCUT2D eigenvalue weighted by atomic mass is 10.1. The largest absolute Gasteiger partial charge is 0.292 e. The molecular weight excluding hydrogens is 361 g/mol. The Morgan fingerprint density at radius 2 is 1.88 bits per heavy atom. The predicted octanol–water partition coefficient (Wildman–Crippen LogP) is 3.84. The number of imidazole rings is 1. The van der Waals surface area contributed by atoms with Gasteiger partial charge >= 0.3 is 0 Å². The minimum Gasteiger partial charge on any atom is -0.292 e. The van der Waals surface area contributed by atoms with E-state index < -0.39 is 0 Å². The molecule has 124 valence electrons. The van der Waals surface area contributed by atoms with Gasteiger partial charge in [0, 0.05) is 5.56 Å². The number of para-hydroxylation sites is 1. The molecule has 0 atom stereocenters. The highest BCUT2D eigenvalue weighted by atomic mass is 35.5. The first kappa shape index (κ1) is 15.9. The van der Waals surface area contributed by atoms with Crippen molar-refractivity contribution in [3.63, 3.8) is 0 Å². The van der Waals surface area contributed by atoms with Crippen molar-refractivity contribution in [3.05, 3.63) is 81.0 Å². The number of aromatic nitrogens is 3. The number of Topliss-reactive ketones (excluding diaryl/α,β-unsaturated/α-hetero) is 1. The van der Waals surface area contributed by atoms with Crippen molar-refractivity contribution >= 4 is 45.5 Å². The molecule has 2 heterocycles. The van der Waals surface area contributed by atoms with Crippen LogP contribution in [0.2, 0.25) is 10.0 Å². The summed E-state index contributed by atoms with van der Waals surface area (Å²) in [6, 6.07) is 12.1. The summed E-state index contributed by atoms with van der Waals surface area (Å²) in [7, 11) is 0. The minimum atomic E-state index is -0.298. The summed E-state index contributed by atoms with van der Waals surface area (Å²) in [5, 5.41) is 0.999. The molecule has 0 aliphatic rings. The van der Waals surface area contributed by atoms with Gasteiger partial charge < -0.3 is 0 Å². The Morgan fingerprint density at radius 1 is 1.08 bits per heavy atom. The molecule has 25 heavy (non-hydrogen) atoms. The number of carbonyl (C=O) groups is 1. The molecule has 2 aromatic carbocycles. The van der Waals surface area contributed by atoms with Crippen LogP contribution in [0.25, 0.3) is 16.6 Å². The molecule has 0 N–H and O–H groups in total. The van der Waals surface area contributed by atoms with Gasteiger partial charge in [0.25, 0.3) is 5.56 Å². The summed E-state index contributed by atoms with van der Waals surface area (Å²) in [6.45, 7) is -0.154. The Hall–Kier alpha value is -2.63. The Bertz CT molecular complexity index is 1190. The summed E-state index contributed by atoms with van der Waals surface area (Å²) in [4.78, 5) is 29.7. The van der Waals surface area contributed by atoms with Gasteiger partial charge in [0.05, 0.1) is 33.7 Å². The first-order valence-corrected chi connectivity index (χ1v) is 8.24. The van der Waals surface area contributed by atoms with Crippen molar-refractivity contribution in [2.24, 2.45) is 0 Å². The number of rotatable bonds is 3. The molecule has 0 saturated carbocycles. The summed E-state index contributed by atoms with van der Waals surface area (Å²) in [5.74, 6) is -0.298. The number of ketones is 1. The molecule has 7 heteroatoms. The lowest BCUT2D eigenvalue weighted by Gasteiger charge is -2.11. The summed E-state index contributed by atoms with van der Waals surface area (Å²) in [6.07, 6.45) is 3.17. The Balaban J connectivity index is 1.90. The van der Waals surface area contributed by atoms with Crippen molar-refractivity contribution in [1.29, 1.82) is 0 Å². The zero-order chi connectivity index (χ0) is 17.6. The van der Waals surface area contributed by atoms with E-state index in [1.54, 1.807) is 47.3 Å². The van der Waals surface area contributed by atoms with E-state index in [9.17, 15) is 9.59 Å². The van der Waals surface area contributed by atoms with Crippen LogP contribution < -0.4 is 5.56 Å². The fraction of sp³-hybridized carbons (Fsp3) is 0.0556. The lowest BCUT2D eigenvalue weighted by Crippen LogP contribution is -2.26. The molecule has 2 aromatic heterocycles. The van der Waals surface area contributed by atoms with Crippen LogP contribution in [0.3, 0.4) is 0 Å². The highest BCUT2D eigenvalue weighted by molar-refractivity contribution is 6.43. The highest BCUT2D eigenvalue weighted by Gasteiger charge is 2.17. The van der Waals surface area contributed by atoms with E-state index in [1.807, 2.05) is 12.1 Å². The van der Waals surface area contributed by atoms with E-state index in [2.05, 4.69) is 4.98 Å². The van der Waals surface area contributed by atoms with E-state index in [-0.39, 0.29) is 28.5 Å². The second-order valence-corrected chi connectivity index (χ2v) is 6.34. The van der Waals surface area contributed by atoms with Crippen LogP contribution in [-0.2, 0) is 6.54 Å². The van der Waals surface area contributed by atoms with Crippen molar-refractivity contribution in [2.75, 3.05) is 0 Å². The van der Waals surface area contributed by atoms with Crippen LogP contribution in [0.1, 0.15) is 10.4 Å². The highest BCUT2D eigenvalue weighted by Crippen LogP contribution is 2.26. The zero-order valence-corrected chi connectivity index (χ0v) is 14.3. The Kier molecular flexibility index (Phi) is 3.82. The quantitative estimate of drug-likeness (QED) is 0.514. The molecule has 4 aromatic rings. The Labute approximate surface area is 152 Å². The summed E-state index contributed by atoms with van der Waals surface area (Å²) < 4.78 is 3.18. The molecule has 0 radical (unpaired) electrons. The minimum absolute atomic E-state index is 0.154. The van der Waals surface area contributed by atoms with Crippen molar-refractivity contribution < 1.29 is 4.79 Å². The van der Waals surface area contributed by atoms with Gasteiger partial charge in [-0.1, -0.05) is 41.4 Å². The zero-order valence-electron chi connectivity index (χ0n) is 12.8. The van der Waals surface area contributed by atoms with Gasteiger partial charge in [-0.2, -0.15) is 0 Å². The molecule has 0 aliphatic heterocycles. The summed E-state index contributed by atoms with van der Waals surface area (Å²) >= 11 is 12.1. The van der Waals surface area contributed by atoms with Gasteiger partial charge in [-0.15, -0.1) is 0 Å². The Morgan fingerprint density at radius 3 is 2.72 bits per heavy atom. The molecule has 0 spiro atoms. The first-order chi connectivity index (χ1) is 12.1. The van der Waals surface area contributed by atoms with Crippen LogP contribution in [0.15, 0.2) is 59.8 Å². The average Bonchev–Trinajstić information content (AvgIpc) is 3.10. The lowest BCUT2D eigenvalue weighted by molar-refractivity contribution is 0.0972. The second-order valence-electron chi connectivity index (χ2n) is 5.55. The van der Waals surface area contributed by atoms with Crippen LogP contribution >= 0.6 is 23.2 Å². The third-order valence-electron chi connectivity index (χ3n) is 4.09. The van der Waals surface area contributed by atoms with E-state index in [0.29, 0.717) is 16.1 Å². The van der Waals surface area contributed by atoms with Crippen molar-refractivity contribution in [3.8, 4) is 0 Å².